The zero-order valence-corrected chi connectivity index (χ0v) is 20.1. The van der Waals surface area contributed by atoms with Crippen molar-refractivity contribution >= 4 is 10.0 Å². The summed E-state index contributed by atoms with van der Waals surface area (Å²) in [5.41, 5.74) is 1.11. The number of halogens is 3. The summed E-state index contributed by atoms with van der Waals surface area (Å²) in [4.78, 5) is 4.51. The molecule has 2 heterocycles. The Kier molecular flexibility index (Phi) is 7.52. The van der Waals surface area contributed by atoms with Gasteiger partial charge in [-0.1, -0.05) is 6.07 Å². The number of nitrogens with one attached hydrogen (secondary N) is 1. The van der Waals surface area contributed by atoms with Crippen molar-refractivity contribution < 1.29 is 26.3 Å². The maximum atomic E-state index is 12.6. The van der Waals surface area contributed by atoms with Gasteiger partial charge in [-0.3, -0.25) is 4.68 Å². The molecule has 0 aliphatic rings. The third-order valence-corrected chi connectivity index (χ3v) is 6.45. The van der Waals surface area contributed by atoms with Crippen LogP contribution in [0, 0.1) is 11.3 Å². The van der Waals surface area contributed by atoms with Crippen molar-refractivity contribution in [3.8, 4) is 23.2 Å². The van der Waals surface area contributed by atoms with Crippen LogP contribution in [0.1, 0.15) is 37.7 Å². The molecule has 0 bridgehead atoms. The summed E-state index contributed by atoms with van der Waals surface area (Å²) in [6.45, 7) is 5.46. The highest BCUT2D eigenvalue weighted by molar-refractivity contribution is 7.89. The number of sulfonamides is 1. The SMILES string of the molecule is CCn1nc(COc2ccc(C#N)cc2)cc1-c1cccc(C(C)(C)NS(=O)(=O)CC(F)(F)F)n1. The molecule has 0 spiro atoms. The number of aryl methyl sites for hydroxylation is 1. The van der Waals surface area contributed by atoms with Crippen LogP contribution < -0.4 is 9.46 Å². The van der Waals surface area contributed by atoms with Gasteiger partial charge >= 0.3 is 6.18 Å². The van der Waals surface area contributed by atoms with Crippen LogP contribution in [0.15, 0.2) is 48.5 Å². The molecule has 186 valence electrons. The van der Waals surface area contributed by atoms with E-state index in [1.165, 1.54) is 13.8 Å². The molecule has 0 radical (unpaired) electrons. The van der Waals surface area contributed by atoms with E-state index in [2.05, 4.69) is 14.8 Å². The van der Waals surface area contributed by atoms with E-state index >= 15 is 0 Å². The third-order valence-electron chi connectivity index (χ3n) is 4.92. The highest BCUT2D eigenvalue weighted by Gasteiger charge is 2.38. The molecule has 0 fully saturated rings. The van der Waals surface area contributed by atoms with Gasteiger partial charge in [0.15, 0.2) is 5.75 Å². The summed E-state index contributed by atoms with van der Waals surface area (Å²) in [5.74, 6) is -1.40. The fourth-order valence-electron chi connectivity index (χ4n) is 3.39. The quantitative estimate of drug-likeness (QED) is 0.466. The van der Waals surface area contributed by atoms with Gasteiger partial charge in [-0.25, -0.2) is 18.1 Å². The second-order valence-corrected chi connectivity index (χ2v) is 9.99. The molecule has 2 aromatic heterocycles. The van der Waals surface area contributed by atoms with E-state index in [0.717, 1.165) is 0 Å². The minimum absolute atomic E-state index is 0.161. The van der Waals surface area contributed by atoms with Crippen molar-refractivity contribution in [3.05, 3.63) is 65.5 Å². The van der Waals surface area contributed by atoms with Gasteiger partial charge < -0.3 is 4.74 Å². The smallest absolute Gasteiger partial charge is 0.404 e. The van der Waals surface area contributed by atoms with Gasteiger partial charge in [0.2, 0.25) is 10.0 Å². The highest BCUT2D eigenvalue weighted by Crippen LogP contribution is 2.26. The first kappa shape index (κ1) is 26.2. The van der Waals surface area contributed by atoms with E-state index in [9.17, 15) is 21.6 Å². The second kappa shape index (κ2) is 10.1. The molecular weight excluding hydrogens is 483 g/mol. The van der Waals surface area contributed by atoms with Gasteiger partial charge in [0.05, 0.1) is 34.3 Å². The zero-order chi connectivity index (χ0) is 25.9. The molecule has 3 rings (SSSR count). The Balaban J connectivity index is 1.82. The standard InChI is InChI=1S/C23H24F3N5O3S/c1-4-31-20(12-17(29-31)14-34-18-10-8-16(13-27)9-11-18)19-6-5-7-21(28-19)22(2,3)30-35(32,33)15-23(24,25)26/h5-12,30H,4,14-15H2,1-3H3. The summed E-state index contributed by atoms with van der Waals surface area (Å²) in [6, 6.07) is 15.4. The Bertz CT molecular complexity index is 1330. The van der Waals surface area contributed by atoms with E-state index < -0.39 is 27.5 Å². The van der Waals surface area contributed by atoms with Gasteiger partial charge in [-0.15, -0.1) is 0 Å². The van der Waals surface area contributed by atoms with Gasteiger partial charge in [-0.2, -0.15) is 23.5 Å². The van der Waals surface area contributed by atoms with Crippen LogP contribution in [0.3, 0.4) is 0 Å². The maximum Gasteiger partial charge on any atom is 0.404 e. The number of hydrogen-bond acceptors (Lipinski definition) is 6. The normalized spacial score (nSPS) is 12.4. The number of ether oxygens (including phenoxy) is 1. The average molecular weight is 508 g/mol. The Hall–Kier alpha value is -3.43. The van der Waals surface area contributed by atoms with Crippen LogP contribution in [0.5, 0.6) is 5.75 Å². The molecule has 0 aliphatic heterocycles. The van der Waals surface area contributed by atoms with Crippen molar-refractivity contribution in [2.75, 3.05) is 5.75 Å². The topological polar surface area (TPSA) is 110 Å². The molecule has 0 atom stereocenters. The molecule has 1 aromatic carbocycles. The number of rotatable bonds is 9. The van der Waals surface area contributed by atoms with E-state index in [-0.39, 0.29) is 12.3 Å². The number of alkyl halides is 3. The molecule has 0 unspecified atom stereocenters. The first-order valence-corrected chi connectivity index (χ1v) is 12.2. The number of nitriles is 1. The van der Waals surface area contributed by atoms with Crippen LogP contribution in [-0.4, -0.2) is 35.1 Å². The number of nitrogens with zero attached hydrogens (tertiary/aromatic N) is 4. The van der Waals surface area contributed by atoms with Crippen LogP contribution in [0.4, 0.5) is 13.2 Å². The first-order valence-electron chi connectivity index (χ1n) is 10.6. The van der Waals surface area contributed by atoms with E-state index in [4.69, 9.17) is 10.00 Å². The molecule has 8 nitrogen and oxygen atoms in total. The summed E-state index contributed by atoms with van der Waals surface area (Å²) in [5, 5.41) is 13.4. The average Bonchev–Trinajstić information content (AvgIpc) is 3.19. The molecular formula is C23H24F3N5O3S. The van der Waals surface area contributed by atoms with Crippen molar-refractivity contribution in [3.63, 3.8) is 0 Å². The largest absolute Gasteiger partial charge is 0.487 e. The molecule has 0 saturated heterocycles. The fourth-order valence-corrected chi connectivity index (χ4v) is 4.77. The molecule has 35 heavy (non-hydrogen) atoms. The summed E-state index contributed by atoms with van der Waals surface area (Å²) in [7, 11) is -4.64. The molecule has 1 N–H and O–H groups in total. The van der Waals surface area contributed by atoms with E-state index in [1.54, 1.807) is 53.2 Å². The van der Waals surface area contributed by atoms with Crippen LogP contribution in [-0.2, 0) is 28.7 Å². The third kappa shape index (κ3) is 7.03. The second-order valence-electron chi connectivity index (χ2n) is 8.27. The summed E-state index contributed by atoms with van der Waals surface area (Å²) >= 11 is 0. The molecule has 3 aromatic rings. The van der Waals surface area contributed by atoms with E-state index in [0.29, 0.717) is 34.9 Å². The minimum Gasteiger partial charge on any atom is -0.487 e. The monoisotopic (exact) mass is 507 g/mol. The molecule has 0 amide bonds. The van der Waals surface area contributed by atoms with Crippen LogP contribution >= 0.6 is 0 Å². The lowest BCUT2D eigenvalue weighted by Gasteiger charge is -2.26. The Morgan fingerprint density at radius 1 is 1.14 bits per heavy atom. The van der Waals surface area contributed by atoms with Crippen LogP contribution in [0.2, 0.25) is 0 Å². The predicted molar refractivity (Wildman–Crippen MR) is 123 cm³/mol. The highest BCUT2D eigenvalue weighted by atomic mass is 32.2. The van der Waals surface area contributed by atoms with E-state index in [1.807, 2.05) is 13.0 Å². The maximum absolute atomic E-state index is 12.6. The number of aromatic nitrogens is 3. The van der Waals surface area contributed by atoms with Crippen molar-refractivity contribution in [2.24, 2.45) is 0 Å². The summed E-state index contributed by atoms with van der Waals surface area (Å²) in [6.07, 6.45) is -4.86. The van der Waals surface area contributed by atoms with Gasteiger partial charge in [0.1, 0.15) is 18.1 Å². The van der Waals surface area contributed by atoms with Gasteiger partial charge in [0.25, 0.3) is 0 Å². The fraction of sp³-hybridized carbons (Fsp3) is 0.348. The Labute approximate surface area is 201 Å². The van der Waals surface area contributed by atoms with Gasteiger partial charge in [0, 0.05) is 6.54 Å². The molecule has 0 saturated carbocycles. The lowest BCUT2D eigenvalue weighted by molar-refractivity contribution is -0.106. The zero-order valence-electron chi connectivity index (χ0n) is 19.3. The Morgan fingerprint density at radius 2 is 1.83 bits per heavy atom. The number of pyridine rings is 1. The number of hydrogen-bond donors (Lipinski definition) is 1. The molecule has 0 aliphatic carbocycles. The lowest BCUT2D eigenvalue weighted by atomic mass is 10.0. The minimum atomic E-state index is -4.86. The Morgan fingerprint density at radius 3 is 2.43 bits per heavy atom. The molecule has 12 heteroatoms. The number of benzene rings is 1. The van der Waals surface area contributed by atoms with Crippen LogP contribution in [0.25, 0.3) is 11.4 Å². The van der Waals surface area contributed by atoms with Crippen molar-refractivity contribution in [2.45, 2.75) is 45.6 Å². The predicted octanol–water partition coefficient (Wildman–Crippen LogP) is 4.13. The van der Waals surface area contributed by atoms with Crippen molar-refractivity contribution in [1.82, 2.24) is 19.5 Å². The lowest BCUT2D eigenvalue weighted by Crippen LogP contribution is -2.45. The van der Waals surface area contributed by atoms with Crippen molar-refractivity contribution in [1.29, 1.82) is 5.26 Å². The summed E-state index contributed by atoms with van der Waals surface area (Å²) < 4.78 is 71.5. The van der Waals surface area contributed by atoms with Gasteiger partial charge in [-0.05, 0) is 63.2 Å². The first-order chi connectivity index (χ1) is 16.3.